The zero-order valence-corrected chi connectivity index (χ0v) is 47.8. The minimum atomic E-state index is -0.906. The quantitative estimate of drug-likeness (QED) is 0.0172. The van der Waals surface area contributed by atoms with Crippen LogP contribution in [0.25, 0.3) is 5.69 Å². The lowest BCUT2D eigenvalue weighted by molar-refractivity contribution is -0.144. The second-order valence-electron chi connectivity index (χ2n) is 17.3. The lowest BCUT2D eigenvalue weighted by Crippen LogP contribution is -2.33. The van der Waals surface area contributed by atoms with Gasteiger partial charge in [0.2, 0.25) is 34.8 Å². The highest BCUT2D eigenvalue weighted by Crippen LogP contribution is 2.40. The molecule has 0 atom stereocenters. The maximum Gasteiger partial charge on any atom is 0.349 e. The normalized spacial score (nSPS) is 10.9. The number of aromatic nitrogens is 9. The van der Waals surface area contributed by atoms with Crippen LogP contribution in [0.2, 0.25) is 30.1 Å². The summed E-state index contributed by atoms with van der Waals surface area (Å²) < 4.78 is 22.2. The summed E-state index contributed by atoms with van der Waals surface area (Å²) in [5, 5.41) is 44.6. The molecule has 0 radical (unpaired) electrons. The summed E-state index contributed by atoms with van der Waals surface area (Å²) in [5.74, 6) is -0.918. The first-order valence-electron chi connectivity index (χ1n) is 23.4. The summed E-state index contributed by atoms with van der Waals surface area (Å²) in [6, 6.07) is 16.2. The van der Waals surface area contributed by atoms with Crippen LogP contribution in [0.5, 0.6) is 34.9 Å². The number of nitriles is 2. The number of rotatable bonds is 16. The highest BCUT2D eigenvalue weighted by molar-refractivity contribution is 6.48. The summed E-state index contributed by atoms with van der Waals surface area (Å²) in [6.07, 6.45) is -0.610. The second kappa shape index (κ2) is 28.5. The van der Waals surface area contributed by atoms with Gasteiger partial charge >= 0.3 is 11.7 Å². The number of Topliss-reactive ketones (excluding diaryl/α,β-unsaturated/α-hetero) is 1. The molecule has 422 valence electrons. The van der Waals surface area contributed by atoms with Crippen LogP contribution >= 0.6 is 69.6 Å². The van der Waals surface area contributed by atoms with Crippen molar-refractivity contribution in [1.82, 2.24) is 45.4 Å². The number of hydrogen-bond donors (Lipinski definition) is 6. The summed E-state index contributed by atoms with van der Waals surface area (Å²) >= 11 is 37.0. The molecule has 0 aliphatic carbocycles. The standard InChI is InChI=1S/C20H19Cl2N5O5.C17H12Cl2N6O4.C13H13Cl2N3O2/c1-4-31-18(29)8-16(28)15(9-23)25-24-11-5-13(21)19(14(22)6-11)32-17-7-12(10(2)3)20(30)27-26-17;1-7(2)9-5-13(22-23-15(9)26)29-14-10(18)3-8(4-11(14)19)25-17(28)21-16(27)12(6-20)24-25;1-6(2)8-5-11(17-18-13(8)19)20-12-9(14)3-7(16)4-10(12)15/h5-7,10,24H,4,8H2,1-3H3,(H,27,30);3-5,7H,1-2H3,(H,23,26)(H,21,27,28);3-6H,16H2,1-2H3,(H,18,19)/b25-15+;;. The molecule has 7 N–H and O–H groups in total. The highest BCUT2D eigenvalue weighted by atomic mass is 35.5. The van der Waals surface area contributed by atoms with Crippen molar-refractivity contribution in [2.75, 3.05) is 17.8 Å². The average Bonchev–Trinajstić information content (AvgIpc) is 3.44. The van der Waals surface area contributed by atoms with Crippen LogP contribution in [-0.2, 0) is 14.3 Å². The zero-order chi connectivity index (χ0) is 60.0. The number of nitrogens with zero attached hydrogens (tertiary/aromatic N) is 8. The number of benzene rings is 3. The molecule has 31 heteroatoms. The molecular weight excluding hydrogens is 1190 g/mol. The van der Waals surface area contributed by atoms with Crippen molar-refractivity contribution >= 4 is 98.4 Å². The number of aromatic amines is 4. The molecule has 0 fully saturated rings. The Kier molecular flexibility index (Phi) is 22.3. The molecule has 4 heterocycles. The predicted molar refractivity (Wildman–Crippen MR) is 303 cm³/mol. The fourth-order valence-electron chi connectivity index (χ4n) is 6.47. The van der Waals surface area contributed by atoms with Crippen molar-refractivity contribution in [2.45, 2.75) is 72.6 Å². The van der Waals surface area contributed by atoms with Gasteiger partial charge in [0.25, 0.3) is 22.2 Å². The number of nitrogens with one attached hydrogen (secondary N) is 5. The van der Waals surface area contributed by atoms with E-state index in [1.807, 2.05) is 46.5 Å². The van der Waals surface area contributed by atoms with Gasteiger partial charge in [-0.05, 0) is 61.1 Å². The molecule has 0 unspecified atom stereocenters. The van der Waals surface area contributed by atoms with Crippen LogP contribution < -0.4 is 53.3 Å². The molecule has 7 rings (SSSR count). The van der Waals surface area contributed by atoms with E-state index in [-0.39, 0.29) is 117 Å². The van der Waals surface area contributed by atoms with Gasteiger partial charge in [-0.25, -0.2) is 20.1 Å². The average molecular weight is 1230 g/mol. The van der Waals surface area contributed by atoms with E-state index in [0.717, 1.165) is 4.68 Å². The molecule has 4 aromatic heterocycles. The second-order valence-corrected chi connectivity index (χ2v) is 19.7. The smallest absolute Gasteiger partial charge is 0.349 e. The van der Waals surface area contributed by atoms with Crippen molar-refractivity contribution < 1.29 is 28.5 Å². The van der Waals surface area contributed by atoms with E-state index in [0.29, 0.717) is 22.4 Å². The molecule has 0 amide bonds. The Hall–Kier alpha value is -8.56. The number of halogens is 6. The number of anilines is 2. The molecule has 0 saturated carbocycles. The van der Waals surface area contributed by atoms with Gasteiger partial charge < -0.3 is 24.7 Å². The van der Waals surface area contributed by atoms with Crippen LogP contribution in [0, 0.1) is 22.7 Å². The predicted octanol–water partition coefficient (Wildman–Crippen LogP) is 9.48. The maximum atomic E-state index is 12.0. The number of ketones is 1. The van der Waals surface area contributed by atoms with Gasteiger partial charge in [-0.1, -0.05) is 111 Å². The van der Waals surface area contributed by atoms with E-state index in [1.165, 1.54) is 48.5 Å². The third-order valence-electron chi connectivity index (χ3n) is 10.4. The molecule has 0 aliphatic heterocycles. The van der Waals surface area contributed by atoms with Gasteiger partial charge in [0.05, 0.1) is 48.1 Å². The monoisotopic (exact) mass is 1230 g/mol. The number of hydrazone groups is 1. The fraction of sp³-hybridized carbons (Fsp3) is 0.240. The van der Waals surface area contributed by atoms with Gasteiger partial charge in [-0.15, -0.1) is 20.4 Å². The SMILES string of the molecule is CC(C)c1cc(Oc2c(Cl)cc(-n3nc(C#N)c(=O)[nH]c3=O)cc2Cl)n[nH]c1=O.CC(C)c1cc(Oc2c(Cl)cc(N)cc2Cl)n[nH]c1=O.CCOC(=O)CC(=O)/C(C#N)=N/Nc1cc(Cl)c(Oc2cc(C(C)C)c(=O)[nH]n2)c(Cl)c1. The molecule has 7 aromatic rings. The van der Waals surface area contributed by atoms with Crippen LogP contribution in [0.15, 0.2) is 83.7 Å². The van der Waals surface area contributed by atoms with Crippen molar-refractivity contribution in [1.29, 1.82) is 10.5 Å². The van der Waals surface area contributed by atoms with Crippen molar-refractivity contribution in [3.8, 4) is 52.7 Å². The highest BCUT2D eigenvalue weighted by Gasteiger charge is 2.21. The van der Waals surface area contributed by atoms with Crippen molar-refractivity contribution in [3.05, 3.63) is 159 Å². The van der Waals surface area contributed by atoms with Crippen LogP contribution in [0.4, 0.5) is 11.4 Å². The number of carbonyl (C=O) groups is 2. The minimum Gasteiger partial charge on any atom is -0.466 e. The Labute approximate surface area is 487 Å². The van der Waals surface area contributed by atoms with Gasteiger partial charge in [0.15, 0.2) is 17.2 Å². The largest absolute Gasteiger partial charge is 0.466 e. The molecule has 0 spiro atoms. The minimum absolute atomic E-state index is 0.00463. The first-order chi connectivity index (χ1) is 38.2. The van der Waals surface area contributed by atoms with E-state index >= 15 is 0 Å². The number of esters is 1. The molecule has 25 nitrogen and oxygen atoms in total. The number of H-pyrrole nitrogens is 4. The van der Waals surface area contributed by atoms with E-state index < -0.39 is 40.8 Å². The van der Waals surface area contributed by atoms with Crippen molar-refractivity contribution in [3.63, 3.8) is 0 Å². The maximum absolute atomic E-state index is 12.0. The Balaban J connectivity index is 0.000000229. The van der Waals surface area contributed by atoms with Gasteiger partial charge in [0, 0.05) is 40.6 Å². The molecule has 0 saturated heterocycles. The number of hydrogen-bond acceptors (Lipinski definition) is 20. The first kappa shape index (κ1) is 63.3. The van der Waals surface area contributed by atoms with E-state index in [9.17, 15) is 33.6 Å². The molecule has 3 aromatic carbocycles. The third-order valence-corrected chi connectivity index (χ3v) is 12.1. The topological polar surface area (TPSA) is 374 Å². The number of nitrogen functional groups attached to an aromatic ring is 1. The van der Waals surface area contributed by atoms with E-state index in [2.05, 4.69) is 51.0 Å². The fourth-order valence-corrected chi connectivity index (χ4v) is 8.17. The Morgan fingerprint density at radius 3 is 1.41 bits per heavy atom. The van der Waals surface area contributed by atoms with Crippen LogP contribution in [-0.4, -0.2) is 69.4 Å². The van der Waals surface area contributed by atoms with Crippen LogP contribution in [0.3, 0.4) is 0 Å². The van der Waals surface area contributed by atoms with Gasteiger partial charge in [-0.3, -0.25) is 39.2 Å². The molecule has 81 heavy (non-hydrogen) atoms. The van der Waals surface area contributed by atoms with Gasteiger partial charge in [0.1, 0.15) is 18.6 Å². The lowest BCUT2D eigenvalue weighted by Gasteiger charge is -2.12. The first-order valence-corrected chi connectivity index (χ1v) is 25.6. The number of carbonyl (C=O) groups excluding carboxylic acids is 2. The summed E-state index contributed by atoms with van der Waals surface area (Å²) in [4.78, 5) is 84.1. The van der Waals surface area contributed by atoms with Crippen LogP contribution in [0.1, 0.15) is 95.0 Å². The van der Waals surface area contributed by atoms with Gasteiger partial charge in [-0.2, -0.15) is 20.3 Å². The zero-order valence-electron chi connectivity index (χ0n) is 43.3. The summed E-state index contributed by atoms with van der Waals surface area (Å²) in [5.41, 5.74) is 6.68. The van der Waals surface area contributed by atoms with E-state index in [4.69, 9.17) is 100 Å². The Bertz CT molecular complexity index is 3890. The number of nitrogens with two attached hydrogens (primary N) is 1. The molecule has 0 bridgehead atoms. The summed E-state index contributed by atoms with van der Waals surface area (Å²) in [6.45, 7) is 12.9. The summed E-state index contributed by atoms with van der Waals surface area (Å²) in [7, 11) is 0. The third kappa shape index (κ3) is 17.0. The molecular formula is C50H44Cl6N14O11. The molecule has 0 aliphatic rings. The van der Waals surface area contributed by atoms with E-state index in [1.54, 1.807) is 25.1 Å². The lowest BCUT2D eigenvalue weighted by atomic mass is 10.1. The Morgan fingerprint density at radius 1 is 0.642 bits per heavy atom. The number of ether oxygens (including phenoxy) is 4. The Morgan fingerprint density at radius 2 is 1.04 bits per heavy atom. The van der Waals surface area contributed by atoms with Crippen molar-refractivity contribution in [2.24, 2.45) is 5.10 Å².